The number of hydrogen-bond acceptors (Lipinski definition) is 30. The van der Waals surface area contributed by atoms with Crippen LogP contribution >= 0.6 is 0 Å². The number of nitrogen functional groups attached to an aromatic ring is 2. The van der Waals surface area contributed by atoms with Gasteiger partial charge >= 0.3 is 12.1 Å². The molecule has 1 aliphatic carbocycles. The number of anilines is 2. The smallest absolute Gasteiger partial charge is 0.407 e. The van der Waals surface area contributed by atoms with Crippen molar-refractivity contribution in [3.63, 3.8) is 0 Å². The van der Waals surface area contributed by atoms with Gasteiger partial charge in [-0.25, -0.2) is 24.2 Å². The first-order chi connectivity index (χ1) is 61.3. The first-order valence-electron chi connectivity index (χ1n) is 44.8. The molecule has 1 saturated carbocycles. The highest BCUT2D eigenvalue weighted by Crippen LogP contribution is 2.40. The molecule has 2 aromatic carbocycles. The van der Waals surface area contributed by atoms with Crippen molar-refractivity contribution in [3.8, 4) is 11.3 Å². The van der Waals surface area contributed by atoms with E-state index in [1.54, 1.807) is 54.1 Å². The number of esters is 1. The van der Waals surface area contributed by atoms with E-state index in [4.69, 9.17) is 87.3 Å². The lowest BCUT2D eigenvalue weighted by atomic mass is 9.78. The summed E-state index contributed by atoms with van der Waals surface area (Å²) in [4.78, 5) is 115. The number of cyclic esters (lactones) is 1. The SMILES string of the molecule is CO[C@H]1C[C@@H]2CC[C@@H](C)[C@@](O)(O2)C(=O)C(=O)N2CCCC[C@H]2C(=O)O[C@H]([C@H](C)C[C@@H]2CC[C@@H](OC(=O)NCCOCCOCCOCCOCCOCCOCCOCCOCCC(=O)N3CCc4cc(Cn5nc(-c6ccc7oc(N)nc7c6)c6c(N)ncnc65)ccc4C3)[C@H](OC)C2)CC(=O)[C@H](C)/C=C(/C)[C@@H](O)[C@@H](OC)C(=O)[C@H](C)C[C@H](C)/C=C/C=C/C=C\1C. The summed E-state index contributed by atoms with van der Waals surface area (Å²) in [5.41, 5.74) is 19.9. The average molecular weight is 1780 g/mol. The number of Topliss-reactive ketones (excluding diaryl/α,β-unsaturated/α-hetero) is 3. The fraction of sp³-hybridized carbons (Fsp3) is 0.645. The third-order valence-corrected chi connectivity index (χ3v) is 24.5. The van der Waals surface area contributed by atoms with Crippen LogP contribution in [0.2, 0.25) is 0 Å². The summed E-state index contributed by atoms with van der Waals surface area (Å²) in [5.74, 6) is -8.31. The molecule has 10 rings (SSSR count). The van der Waals surface area contributed by atoms with Crippen LogP contribution in [0, 0.1) is 35.5 Å². The second-order valence-electron chi connectivity index (χ2n) is 33.9. The average Bonchev–Trinajstić information content (AvgIpc) is 1.71. The lowest BCUT2D eigenvalue weighted by molar-refractivity contribution is -0.265. The van der Waals surface area contributed by atoms with Crippen LogP contribution in [0.3, 0.4) is 0 Å². The normalized spacial score (nSPS) is 27.0. The Morgan fingerprint density at radius 2 is 1.39 bits per heavy atom. The van der Waals surface area contributed by atoms with Gasteiger partial charge in [-0.15, -0.1) is 0 Å². The number of methoxy groups -OCH3 is 3. The summed E-state index contributed by atoms with van der Waals surface area (Å²) in [6, 6.07) is 10.7. The van der Waals surface area contributed by atoms with Crippen LogP contribution in [0.15, 0.2) is 94.7 Å². The molecule has 0 radical (unpaired) electrons. The van der Waals surface area contributed by atoms with Gasteiger partial charge in [0.2, 0.25) is 11.7 Å². The highest BCUT2D eigenvalue weighted by atomic mass is 16.6. The van der Waals surface area contributed by atoms with Crippen LogP contribution in [0.1, 0.15) is 149 Å². The van der Waals surface area contributed by atoms with Crippen LogP contribution in [0.5, 0.6) is 0 Å². The van der Waals surface area contributed by atoms with Crippen LogP contribution in [0.25, 0.3) is 33.4 Å². The van der Waals surface area contributed by atoms with Crippen molar-refractivity contribution >= 4 is 75.2 Å². The van der Waals surface area contributed by atoms with Crippen molar-refractivity contribution in [1.82, 2.24) is 39.8 Å². The number of aliphatic hydroxyl groups is 2. The van der Waals surface area contributed by atoms with Crippen LogP contribution in [-0.2, 0) is 115 Å². The second kappa shape index (κ2) is 50.9. The first kappa shape index (κ1) is 100. The van der Waals surface area contributed by atoms with E-state index >= 15 is 0 Å². The molecule has 4 aliphatic heterocycles. The number of aliphatic hydroxyl groups excluding tert-OH is 1. The number of oxazole rings is 1. The van der Waals surface area contributed by atoms with Crippen molar-refractivity contribution in [1.29, 1.82) is 0 Å². The molecule has 7 heterocycles. The molecule has 2 saturated heterocycles. The molecule has 2 bridgehead atoms. The zero-order valence-corrected chi connectivity index (χ0v) is 75.5. The summed E-state index contributed by atoms with van der Waals surface area (Å²) in [5, 5.41) is 32.1. The molecular formula is C93H134N10O24. The zero-order valence-electron chi connectivity index (χ0n) is 75.5. The standard InChI is InChI=1S/C93H134N10O24/c1-59-16-12-11-13-17-60(2)77(113-8)54-71-24-19-65(7)93(112,127-71)86(108)89(109)102-30-15-14-18-73(102)90(110)124-78(55-74(104)61(3)49-64(6)84(107)85(115-10)83(106)63(5)48-59)62(4)50-66-21-25-76(79(52-66)114-9)126-92(111)96-29-33-117-35-37-119-39-41-121-43-45-123-47-46-122-44-42-120-40-38-118-36-34-116-32-28-80(105)101-31-27-68-51-67(20-22-70(68)57-101)56-103-88-81(87(94)97-58-98-88)82(100-103)69-23-26-75-72(53-69)99-91(95)125-75/h11-13,16-17,20,22-23,26,49,51,53,58-59,61-63,65-66,71,73,76-79,84-85,107,112H,14-15,18-19,21,24-25,27-48,50,52,54-57H2,1-10H3,(H2,95,99)(H,96,111)(H2,94,97,98)/b13-11+,16-12+,60-17-,64-49-/t59-,61-,62-,63-,65-,66+,71+,73+,76-,77+,78+,79-,84-,85+,93-/m1/s1. The van der Waals surface area contributed by atoms with Gasteiger partial charge in [-0.2, -0.15) is 10.1 Å². The Hall–Kier alpha value is -8.85. The fourth-order valence-electron chi connectivity index (χ4n) is 17.1. The Morgan fingerprint density at radius 1 is 0.709 bits per heavy atom. The molecule has 34 nitrogen and oxygen atoms in total. The highest BCUT2D eigenvalue weighted by molar-refractivity contribution is 6.39. The van der Waals surface area contributed by atoms with Gasteiger partial charge in [0.1, 0.15) is 59.6 Å². The maximum Gasteiger partial charge on any atom is 0.407 e. The van der Waals surface area contributed by atoms with E-state index in [1.165, 1.54) is 23.9 Å². The predicted molar refractivity (Wildman–Crippen MR) is 470 cm³/mol. The lowest BCUT2D eigenvalue weighted by Crippen LogP contribution is -2.61. The lowest BCUT2D eigenvalue weighted by Gasteiger charge is -2.42. The highest BCUT2D eigenvalue weighted by Gasteiger charge is 2.53. The number of fused-ring (bicyclic) bond motifs is 6. The molecule has 127 heavy (non-hydrogen) atoms. The molecular weight excluding hydrogens is 1640 g/mol. The monoisotopic (exact) mass is 1770 g/mol. The number of rotatable bonds is 37. The van der Waals surface area contributed by atoms with E-state index in [0.29, 0.717) is 216 Å². The predicted octanol–water partition coefficient (Wildman–Crippen LogP) is 9.18. The van der Waals surface area contributed by atoms with Gasteiger partial charge in [-0.3, -0.25) is 24.0 Å². The number of nitrogens with two attached hydrogens (primary N) is 2. The quantitative estimate of drug-likeness (QED) is 0.0107. The van der Waals surface area contributed by atoms with Crippen molar-refractivity contribution < 1.29 is 115 Å². The van der Waals surface area contributed by atoms with Crippen molar-refractivity contribution in [2.45, 2.75) is 206 Å². The Labute approximate surface area is 744 Å². The molecule has 34 heteroatoms. The van der Waals surface area contributed by atoms with Crippen LogP contribution in [-0.4, -0.2) is 287 Å². The van der Waals surface area contributed by atoms with E-state index in [1.807, 2.05) is 72.9 Å². The maximum atomic E-state index is 14.8. The number of carbonyl (C=O) groups is 7. The van der Waals surface area contributed by atoms with E-state index in [2.05, 4.69) is 38.5 Å². The van der Waals surface area contributed by atoms with E-state index < -0.39 is 102 Å². The minimum Gasteiger partial charge on any atom is -0.460 e. The second-order valence-corrected chi connectivity index (χ2v) is 33.9. The number of amides is 3. The van der Waals surface area contributed by atoms with Crippen LogP contribution in [0.4, 0.5) is 16.6 Å². The van der Waals surface area contributed by atoms with Gasteiger partial charge in [0.05, 0.1) is 142 Å². The Kier molecular flexibility index (Phi) is 40.2. The number of ketones is 3. The summed E-state index contributed by atoms with van der Waals surface area (Å²) in [6.45, 7) is 20.2. The third kappa shape index (κ3) is 29.3. The summed E-state index contributed by atoms with van der Waals surface area (Å²) >= 11 is 0. The van der Waals surface area contributed by atoms with Gasteiger partial charge in [-0.1, -0.05) is 89.3 Å². The van der Waals surface area contributed by atoms with Gasteiger partial charge < -0.3 is 108 Å². The van der Waals surface area contributed by atoms with Crippen molar-refractivity contribution in [2.75, 3.05) is 158 Å². The number of alkyl carbamates (subject to hydrolysis) is 1. The molecule has 3 fully saturated rings. The van der Waals surface area contributed by atoms with Gasteiger partial charge in [0, 0.05) is 83.7 Å². The number of aromatic nitrogens is 5. The van der Waals surface area contributed by atoms with Gasteiger partial charge in [0.25, 0.3) is 17.7 Å². The number of piperidine rings is 1. The summed E-state index contributed by atoms with van der Waals surface area (Å²) < 4.78 is 88.3. The number of allylic oxidation sites excluding steroid dienone is 6. The van der Waals surface area contributed by atoms with Crippen molar-refractivity contribution in [2.24, 2.45) is 35.5 Å². The zero-order chi connectivity index (χ0) is 90.9. The largest absolute Gasteiger partial charge is 0.460 e. The van der Waals surface area contributed by atoms with E-state index in [-0.39, 0.29) is 80.7 Å². The number of hydrogen-bond donors (Lipinski definition) is 5. The van der Waals surface area contributed by atoms with E-state index in [9.17, 15) is 43.8 Å². The maximum absolute atomic E-state index is 14.8. The van der Waals surface area contributed by atoms with Gasteiger partial charge in [0.15, 0.2) is 17.0 Å². The molecule has 3 aromatic heterocycles. The van der Waals surface area contributed by atoms with Crippen molar-refractivity contribution in [3.05, 3.63) is 107 Å². The first-order valence-corrected chi connectivity index (χ1v) is 44.8. The molecule has 15 atom stereocenters. The number of carbonyl (C=O) groups excluding carboxylic acids is 7. The molecule has 0 unspecified atom stereocenters. The van der Waals surface area contributed by atoms with Gasteiger partial charge in [-0.05, 0) is 148 Å². The minimum atomic E-state index is -2.48. The molecule has 5 aliphatic rings. The third-order valence-electron chi connectivity index (χ3n) is 24.5. The number of nitrogens with one attached hydrogen (secondary N) is 1. The Balaban J connectivity index is 0.552. The molecule has 700 valence electrons. The number of benzene rings is 2. The van der Waals surface area contributed by atoms with Crippen LogP contribution < -0.4 is 16.8 Å². The molecule has 5 aromatic rings. The number of nitrogens with zero attached hydrogens (tertiary/aromatic N) is 7. The topological polar surface area (TPSA) is 429 Å². The Bertz CT molecular complexity index is 4510. The minimum absolute atomic E-state index is 0.0193. The summed E-state index contributed by atoms with van der Waals surface area (Å²) in [6.07, 6.45) is 11.8. The summed E-state index contributed by atoms with van der Waals surface area (Å²) in [7, 11) is 4.49. The molecule has 0 spiro atoms. The molecule has 3 amide bonds. The molecule has 7 N–H and O–H groups in total. The van der Waals surface area contributed by atoms with E-state index in [0.717, 1.165) is 28.7 Å². The number of ether oxygens (including phenoxy) is 14. The Morgan fingerprint density at radius 3 is 2.06 bits per heavy atom. The fourth-order valence-corrected chi connectivity index (χ4v) is 17.1.